The summed E-state index contributed by atoms with van der Waals surface area (Å²) in [5.74, 6) is 0.404. The summed E-state index contributed by atoms with van der Waals surface area (Å²) in [7, 11) is 0. The second-order valence-electron chi connectivity index (χ2n) is 6.01. The minimum Gasteiger partial charge on any atom is -0.357 e. The van der Waals surface area contributed by atoms with E-state index in [4.69, 9.17) is 0 Å². The predicted octanol–water partition coefficient (Wildman–Crippen LogP) is 2.95. The van der Waals surface area contributed by atoms with E-state index in [1.54, 1.807) is 18.2 Å². The first-order valence-corrected chi connectivity index (χ1v) is 8.74. The Balaban J connectivity index is 0.00000312. The summed E-state index contributed by atoms with van der Waals surface area (Å²) in [5.41, 5.74) is 0.550. The zero-order chi connectivity index (χ0) is 17.2. The van der Waals surface area contributed by atoms with Gasteiger partial charge in [-0.1, -0.05) is 31.0 Å². The molecule has 25 heavy (non-hydrogen) atoms. The van der Waals surface area contributed by atoms with Crippen LogP contribution < -0.4 is 16.0 Å². The SMILES string of the molecule is CCNC(=NCc1ccccc1F)NCCC(=O)NC1CCCC1.I. The zero-order valence-electron chi connectivity index (χ0n) is 14.7. The first-order valence-electron chi connectivity index (χ1n) is 8.74. The van der Waals surface area contributed by atoms with Crippen molar-refractivity contribution in [3.05, 3.63) is 35.6 Å². The molecule has 1 aliphatic rings. The maximum Gasteiger partial charge on any atom is 0.221 e. The highest BCUT2D eigenvalue weighted by molar-refractivity contribution is 14.0. The Morgan fingerprint density at radius 1 is 1.24 bits per heavy atom. The third-order valence-corrected chi connectivity index (χ3v) is 4.07. The monoisotopic (exact) mass is 462 g/mol. The molecular weight excluding hydrogens is 434 g/mol. The average Bonchev–Trinajstić information content (AvgIpc) is 3.06. The van der Waals surface area contributed by atoms with Crippen molar-refractivity contribution in [2.75, 3.05) is 13.1 Å². The molecule has 7 heteroatoms. The van der Waals surface area contributed by atoms with E-state index in [1.165, 1.54) is 18.9 Å². The lowest BCUT2D eigenvalue weighted by Gasteiger charge is -2.14. The molecule has 5 nitrogen and oxygen atoms in total. The van der Waals surface area contributed by atoms with Crippen molar-refractivity contribution >= 4 is 35.8 Å². The van der Waals surface area contributed by atoms with Gasteiger partial charge in [0.25, 0.3) is 0 Å². The van der Waals surface area contributed by atoms with Crippen molar-refractivity contribution in [2.24, 2.45) is 4.99 Å². The van der Waals surface area contributed by atoms with Crippen LogP contribution in [0.15, 0.2) is 29.3 Å². The highest BCUT2D eigenvalue weighted by Gasteiger charge is 2.16. The Morgan fingerprint density at radius 2 is 1.96 bits per heavy atom. The number of nitrogens with one attached hydrogen (secondary N) is 3. The van der Waals surface area contributed by atoms with E-state index in [0.717, 1.165) is 12.8 Å². The molecule has 0 saturated heterocycles. The summed E-state index contributed by atoms with van der Waals surface area (Å²) in [6.45, 7) is 3.43. The second-order valence-corrected chi connectivity index (χ2v) is 6.01. The summed E-state index contributed by atoms with van der Waals surface area (Å²) < 4.78 is 13.6. The van der Waals surface area contributed by atoms with E-state index < -0.39 is 0 Å². The lowest BCUT2D eigenvalue weighted by molar-refractivity contribution is -0.121. The molecule has 1 aliphatic carbocycles. The van der Waals surface area contributed by atoms with E-state index >= 15 is 0 Å². The highest BCUT2D eigenvalue weighted by atomic mass is 127. The molecule has 0 aliphatic heterocycles. The number of benzene rings is 1. The zero-order valence-corrected chi connectivity index (χ0v) is 17.0. The number of guanidine groups is 1. The minimum atomic E-state index is -0.256. The summed E-state index contributed by atoms with van der Waals surface area (Å²) in [6, 6.07) is 6.95. The van der Waals surface area contributed by atoms with Gasteiger partial charge in [-0.2, -0.15) is 0 Å². The molecule has 1 fully saturated rings. The number of amides is 1. The van der Waals surface area contributed by atoms with Crippen LogP contribution in [0.5, 0.6) is 0 Å². The van der Waals surface area contributed by atoms with Crippen molar-refractivity contribution in [1.29, 1.82) is 0 Å². The Kier molecular flexibility index (Phi) is 10.4. The van der Waals surface area contributed by atoms with Crippen LogP contribution in [-0.4, -0.2) is 31.0 Å². The van der Waals surface area contributed by atoms with Crippen LogP contribution in [-0.2, 0) is 11.3 Å². The van der Waals surface area contributed by atoms with Gasteiger partial charge in [-0.15, -0.1) is 24.0 Å². The third-order valence-electron chi connectivity index (χ3n) is 4.07. The Hall–Kier alpha value is -1.38. The quantitative estimate of drug-likeness (QED) is 0.332. The molecule has 0 spiro atoms. The van der Waals surface area contributed by atoms with Crippen molar-refractivity contribution in [3.8, 4) is 0 Å². The average molecular weight is 462 g/mol. The van der Waals surface area contributed by atoms with Gasteiger partial charge in [0, 0.05) is 31.1 Å². The van der Waals surface area contributed by atoms with Gasteiger partial charge in [-0.25, -0.2) is 9.38 Å². The van der Waals surface area contributed by atoms with Crippen LogP contribution in [0.25, 0.3) is 0 Å². The molecule has 0 heterocycles. The summed E-state index contributed by atoms with van der Waals surface area (Å²) in [5, 5.41) is 9.29. The van der Waals surface area contributed by atoms with Crippen LogP contribution in [0.2, 0.25) is 0 Å². The fourth-order valence-electron chi connectivity index (χ4n) is 2.80. The molecule has 1 aromatic rings. The van der Waals surface area contributed by atoms with E-state index in [9.17, 15) is 9.18 Å². The second kappa shape index (κ2) is 12.1. The molecule has 2 rings (SSSR count). The number of aliphatic imine (C=N–C) groups is 1. The van der Waals surface area contributed by atoms with Gasteiger partial charge in [0.15, 0.2) is 5.96 Å². The molecule has 0 atom stereocenters. The molecule has 0 unspecified atom stereocenters. The first-order chi connectivity index (χ1) is 11.7. The Labute approximate surface area is 166 Å². The summed E-state index contributed by atoms with van der Waals surface area (Å²) >= 11 is 0. The molecule has 1 saturated carbocycles. The van der Waals surface area contributed by atoms with Gasteiger partial charge in [-0.05, 0) is 25.8 Å². The number of carbonyl (C=O) groups excluding carboxylic acids is 1. The largest absolute Gasteiger partial charge is 0.357 e. The van der Waals surface area contributed by atoms with Gasteiger partial charge < -0.3 is 16.0 Å². The Morgan fingerprint density at radius 3 is 2.64 bits per heavy atom. The van der Waals surface area contributed by atoms with Crippen molar-refractivity contribution in [2.45, 2.75) is 51.6 Å². The van der Waals surface area contributed by atoms with E-state index in [1.807, 2.05) is 6.92 Å². The van der Waals surface area contributed by atoms with Gasteiger partial charge in [0.2, 0.25) is 5.91 Å². The van der Waals surface area contributed by atoms with Gasteiger partial charge >= 0.3 is 0 Å². The van der Waals surface area contributed by atoms with Crippen LogP contribution in [0.4, 0.5) is 4.39 Å². The first kappa shape index (κ1) is 21.7. The maximum absolute atomic E-state index is 13.6. The number of hydrogen-bond acceptors (Lipinski definition) is 2. The summed E-state index contributed by atoms with van der Waals surface area (Å²) in [6.07, 6.45) is 4.99. The normalized spacial score (nSPS) is 14.7. The number of nitrogens with zero attached hydrogens (tertiary/aromatic N) is 1. The van der Waals surface area contributed by atoms with Gasteiger partial charge in [0.1, 0.15) is 5.82 Å². The number of halogens is 2. The van der Waals surface area contributed by atoms with E-state index in [0.29, 0.717) is 37.1 Å². The maximum atomic E-state index is 13.6. The molecule has 0 aromatic heterocycles. The van der Waals surface area contributed by atoms with Crippen LogP contribution in [0.3, 0.4) is 0 Å². The molecule has 1 aromatic carbocycles. The molecule has 1 amide bonds. The van der Waals surface area contributed by atoms with E-state index in [-0.39, 0.29) is 42.2 Å². The lowest BCUT2D eigenvalue weighted by atomic mass is 10.2. The van der Waals surface area contributed by atoms with Crippen LogP contribution in [0, 0.1) is 5.82 Å². The predicted molar refractivity (Wildman–Crippen MR) is 110 cm³/mol. The topological polar surface area (TPSA) is 65.5 Å². The smallest absolute Gasteiger partial charge is 0.221 e. The Bertz CT molecular complexity index is 562. The van der Waals surface area contributed by atoms with Crippen molar-refractivity contribution < 1.29 is 9.18 Å². The number of hydrogen-bond donors (Lipinski definition) is 3. The molecule has 140 valence electrons. The fourth-order valence-corrected chi connectivity index (χ4v) is 2.80. The van der Waals surface area contributed by atoms with Crippen molar-refractivity contribution in [1.82, 2.24) is 16.0 Å². The third kappa shape index (κ3) is 8.02. The number of carbonyl (C=O) groups is 1. The van der Waals surface area contributed by atoms with Gasteiger partial charge in [-0.3, -0.25) is 4.79 Å². The number of rotatable bonds is 7. The fraction of sp³-hybridized carbons (Fsp3) is 0.556. The van der Waals surface area contributed by atoms with Crippen LogP contribution in [0.1, 0.15) is 44.6 Å². The minimum absolute atomic E-state index is 0. The van der Waals surface area contributed by atoms with Crippen molar-refractivity contribution in [3.63, 3.8) is 0 Å². The van der Waals surface area contributed by atoms with Gasteiger partial charge in [0.05, 0.1) is 6.54 Å². The molecule has 3 N–H and O–H groups in total. The lowest BCUT2D eigenvalue weighted by Crippen LogP contribution is -2.40. The van der Waals surface area contributed by atoms with Crippen LogP contribution >= 0.6 is 24.0 Å². The summed E-state index contributed by atoms with van der Waals surface area (Å²) in [4.78, 5) is 16.3. The highest BCUT2D eigenvalue weighted by Crippen LogP contribution is 2.17. The molecular formula is C18H28FIN4O. The standard InChI is InChI=1S/C18H27FN4O.HI/c1-2-20-18(22-13-14-7-3-6-10-16(14)19)21-12-11-17(24)23-15-8-4-5-9-15;/h3,6-7,10,15H,2,4-5,8-9,11-13H2,1H3,(H,23,24)(H2,20,21,22);1H. The van der Waals surface area contributed by atoms with E-state index in [2.05, 4.69) is 20.9 Å². The molecule has 0 bridgehead atoms. The molecule has 0 radical (unpaired) electrons.